The van der Waals surface area contributed by atoms with E-state index in [1.54, 1.807) is 6.92 Å². The predicted octanol–water partition coefficient (Wildman–Crippen LogP) is 1.65. The average Bonchev–Trinajstić information content (AvgIpc) is 2.79. The van der Waals surface area contributed by atoms with Crippen molar-refractivity contribution in [3.8, 4) is 0 Å². The van der Waals surface area contributed by atoms with Gasteiger partial charge in [0.25, 0.3) is 5.91 Å². The molecule has 0 spiro atoms. The molecule has 0 fully saturated rings. The molecule has 0 radical (unpaired) electrons. The number of halogens is 1. The number of primary amides is 1. The van der Waals surface area contributed by atoms with E-state index in [1.165, 1.54) is 17.7 Å². The fraction of sp³-hybridized carbons (Fsp3) is 0.333. The van der Waals surface area contributed by atoms with Gasteiger partial charge in [-0.3, -0.25) is 4.79 Å². The Morgan fingerprint density at radius 3 is 2.85 bits per heavy atom. The summed E-state index contributed by atoms with van der Waals surface area (Å²) in [5.74, 6) is -0.837. The first-order valence-corrected chi connectivity index (χ1v) is 6.84. The summed E-state index contributed by atoms with van der Waals surface area (Å²) in [5.41, 5.74) is 6.17. The molecule has 0 unspecified atom stereocenters. The van der Waals surface area contributed by atoms with Gasteiger partial charge in [-0.25, -0.2) is 19.3 Å². The van der Waals surface area contributed by atoms with Gasteiger partial charge in [0.1, 0.15) is 16.2 Å². The highest BCUT2D eigenvalue weighted by molar-refractivity contribution is 7.13. The maximum atomic E-state index is 13.9. The number of rotatable bonds is 5. The first kappa shape index (κ1) is 14.3. The normalized spacial score (nSPS) is 10.6. The molecule has 0 bridgehead atoms. The van der Waals surface area contributed by atoms with Gasteiger partial charge < -0.3 is 11.1 Å². The fourth-order valence-electron chi connectivity index (χ4n) is 1.69. The summed E-state index contributed by atoms with van der Waals surface area (Å²) >= 11 is 1.19. The molecule has 8 heteroatoms. The molecule has 2 aromatic heterocycles. The van der Waals surface area contributed by atoms with Gasteiger partial charge in [0, 0.05) is 0 Å². The zero-order valence-electron chi connectivity index (χ0n) is 11.1. The van der Waals surface area contributed by atoms with Crippen LogP contribution in [0.4, 0.5) is 10.2 Å². The third-order valence-electron chi connectivity index (χ3n) is 2.67. The van der Waals surface area contributed by atoms with Crippen LogP contribution in [0.5, 0.6) is 0 Å². The number of hydrogen-bond donors (Lipinski definition) is 2. The molecular formula is C12H14FN5OS. The molecule has 0 aliphatic rings. The van der Waals surface area contributed by atoms with Gasteiger partial charge >= 0.3 is 0 Å². The molecule has 106 valence electrons. The van der Waals surface area contributed by atoms with Gasteiger partial charge in [-0.2, -0.15) is 0 Å². The predicted molar refractivity (Wildman–Crippen MR) is 74.1 cm³/mol. The molecule has 0 aromatic carbocycles. The number of anilines is 1. The van der Waals surface area contributed by atoms with Crippen LogP contribution in [0.3, 0.4) is 0 Å². The van der Waals surface area contributed by atoms with Gasteiger partial charge in [0.15, 0.2) is 11.6 Å². The van der Waals surface area contributed by atoms with Crippen molar-refractivity contribution in [3.63, 3.8) is 0 Å². The number of nitrogens with two attached hydrogens (primary N) is 1. The molecule has 2 heterocycles. The largest absolute Gasteiger partial charge is 0.365 e. The fourth-order valence-corrected chi connectivity index (χ4v) is 2.55. The SMILES string of the molecule is CCc1ncnc(NCc2nc(C)c(C(N)=O)s2)c1F. The van der Waals surface area contributed by atoms with E-state index in [2.05, 4.69) is 20.3 Å². The molecule has 0 aliphatic heterocycles. The van der Waals surface area contributed by atoms with E-state index in [0.717, 1.165) is 0 Å². The smallest absolute Gasteiger partial charge is 0.260 e. The van der Waals surface area contributed by atoms with Crippen LogP contribution in [0, 0.1) is 12.7 Å². The quantitative estimate of drug-likeness (QED) is 0.874. The minimum atomic E-state index is -0.507. The molecule has 20 heavy (non-hydrogen) atoms. The lowest BCUT2D eigenvalue weighted by molar-refractivity contribution is 0.100. The average molecular weight is 295 g/mol. The van der Waals surface area contributed by atoms with Gasteiger partial charge in [0.2, 0.25) is 0 Å². The monoisotopic (exact) mass is 295 g/mol. The first-order valence-electron chi connectivity index (χ1n) is 6.02. The number of aromatic nitrogens is 3. The molecule has 1 amide bonds. The van der Waals surface area contributed by atoms with Crippen molar-refractivity contribution < 1.29 is 9.18 Å². The second kappa shape index (κ2) is 5.91. The van der Waals surface area contributed by atoms with Crippen LogP contribution >= 0.6 is 11.3 Å². The minimum absolute atomic E-state index is 0.130. The lowest BCUT2D eigenvalue weighted by Crippen LogP contribution is -2.10. The highest BCUT2D eigenvalue weighted by Crippen LogP contribution is 2.19. The third-order valence-corrected chi connectivity index (χ3v) is 3.84. The van der Waals surface area contributed by atoms with E-state index in [0.29, 0.717) is 27.7 Å². The summed E-state index contributed by atoms with van der Waals surface area (Å²) in [6.07, 6.45) is 1.80. The summed E-state index contributed by atoms with van der Waals surface area (Å²) in [5, 5.41) is 3.50. The summed E-state index contributed by atoms with van der Waals surface area (Å²) < 4.78 is 13.9. The highest BCUT2D eigenvalue weighted by Gasteiger charge is 2.14. The van der Waals surface area contributed by atoms with Crippen LogP contribution < -0.4 is 11.1 Å². The maximum absolute atomic E-state index is 13.9. The Morgan fingerprint density at radius 2 is 2.25 bits per heavy atom. The molecule has 0 aliphatic carbocycles. The van der Waals surface area contributed by atoms with E-state index in [-0.39, 0.29) is 12.4 Å². The molecular weight excluding hydrogens is 281 g/mol. The summed E-state index contributed by atoms with van der Waals surface area (Å²) in [6, 6.07) is 0. The van der Waals surface area contributed by atoms with Crippen molar-refractivity contribution >= 4 is 23.1 Å². The second-order valence-corrected chi connectivity index (χ2v) is 5.16. The van der Waals surface area contributed by atoms with Crippen molar-refractivity contribution in [2.75, 3.05) is 5.32 Å². The van der Waals surface area contributed by atoms with E-state index in [4.69, 9.17) is 5.73 Å². The van der Waals surface area contributed by atoms with Crippen LogP contribution in [0.15, 0.2) is 6.33 Å². The van der Waals surface area contributed by atoms with Crippen molar-refractivity contribution in [3.05, 3.63) is 33.4 Å². The second-order valence-electron chi connectivity index (χ2n) is 4.08. The number of amides is 1. The minimum Gasteiger partial charge on any atom is -0.365 e. The Hall–Kier alpha value is -2.09. The van der Waals surface area contributed by atoms with Crippen LogP contribution in [0.25, 0.3) is 0 Å². The number of thiazole rings is 1. The van der Waals surface area contributed by atoms with E-state index in [9.17, 15) is 9.18 Å². The lowest BCUT2D eigenvalue weighted by Gasteiger charge is -2.06. The van der Waals surface area contributed by atoms with Crippen LogP contribution in [-0.2, 0) is 13.0 Å². The van der Waals surface area contributed by atoms with E-state index >= 15 is 0 Å². The summed E-state index contributed by atoms with van der Waals surface area (Å²) in [6.45, 7) is 3.80. The molecule has 0 saturated heterocycles. The van der Waals surface area contributed by atoms with Crippen molar-refractivity contribution in [1.82, 2.24) is 15.0 Å². The number of nitrogens with one attached hydrogen (secondary N) is 1. The van der Waals surface area contributed by atoms with E-state index < -0.39 is 11.7 Å². The molecule has 2 rings (SSSR count). The lowest BCUT2D eigenvalue weighted by atomic mass is 10.3. The van der Waals surface area contributed by atoms with Gasteiger partial charge in [-0.1, -0.05) is 6.92 Å². The van der Waals surface area contributed by atoms with Crippen LogP contribution in [0.2, 0.25) is 0 Å². The zero-order chi connectivity index (χ0) is 14.7. The Bertz CT molecular complexity index is 643. The molecule has 0 saturated carbocycles. The summed E-state index contributed by atoms with van der Waals surface area (Å²) in [4.78, 5) is 23.5. The van der Waals surface area contributed by atoms with E-state index in [1.807, 2.05) is 6.92 Å². The Labute approximate surface area is 119 Å². The Balaban J connectivity index is 2.13. The number of aryl methyl sites for hydroxylation is 2. The number of carbonyl (C=O) groups is 1. The van der Waals surface area contributed by atoms with Gasteiger partial charge in [-0.05, 0) is 13.3 Å². The topological polar surface area (TPSA) is 93.8 Å². The highest BCUT2D eigenvalue weighted by atomic mass is 32.1. The first-order chi connectivity index (χ1) is 9.52. The molecule has 3 N–H and O–H groups in total. The Morgan fingerprint density at radius 1 is 1.50 bits per heavy atom. The molecule has 2 aromatic rings. The molecule has 0 atom stereocenters. The summed E-state index contributed by atoms with van der Waals surface area (Å²) in [7, 11) is 0. The number of carbonyl (C=O) groups excluding carboxylic acids is 1. The van der Waals surface area contributed by atoms with Crippen LogP contribution in [0.1, 0.15) is 33.0 Å². The zero-order valence-corrected chi connectivity index (χ0v) is 11.9. The number of nitrogens with zero attached hydrogens (tertiary/aromatic N) is 3. The molecule has 6 nitrogen and oxygen atoms in total. The standard InChI is InChI=1S/C12H14FN5OS/c1-3-7-9(13)12(17-5-16-7)15-4-8-18-6(2)10(20-8)11(14)19/h5H,3-4H2,1-2H3,(H2,14,19)(H,15,16,17). The van der Waals surface area contributed by atoms with Gasteiger partial charge in [-0.15, -0.1) is 11.3 Å². The van der Waals surface area contributed by atoms with Crippen LogP contribution in [-0.4, -0.2) is 20.9 Å². The van der Waals surface area contributed by atoms with Crippen molar-refractivity contribution in [1.29, 1.82) is 0 Å². The van der Waals surface area contributed by atoms with Gasteiger partial charge in [0.05, 0.1) is 17.9 Å². The Kier molecular flexibility index (Phi) is 4.23. The number of hydrogen-bond acceptors (Lipinski definition) is 6. The van der Waals surface area contributed by atoms with Crippen molar-refractivity contribution in [2.24, 2.45) is 5.73 Å². The van der Waals surface area contributed by atoms with Crippen molar-refractivity contribution in [2.45, 2.75) is 26.8 Å². The third kappa shape index (κ3) is 2.90. The maximum Gasteiger partial charge on any atom is 0.260 e.